The van der Waals surface area contributed by atoms with E-state index in [4.69, 9.17) is 5.73 Å². The zero-order chi connectivity index (χ0) is 18.9. The Morgan fingerprint density at radius 1 is 1.04 bits per heavy atom. The number of fused-ring (bicyclic) bond motifs is 1. The van der Waals surface area contributed by atoms with Gasteiger partial charge in [-0.05, 0) is 40.6 Å². The SMILES string of the molecule is CC(C)(C)C(NC(=O)c1cc2ccccc2s1)c1ccc(C(N)=O)cc1. The summed E-state index contributed by atoms with van der Waals surface area (Å²) in [5.41, 5.74) is 6.52. The number of hydrogen-bond acceptors (Lipinski definition) is 3. The van der Waals surface area contributed by atoms with Crippen LogP contribution in [0.3, 0.4) is 0 Å². The Morgan fingerprint density at radius 3 is 2.27 bits per heavy atom. The molecule has 2 amide bonds. The van der Waals surface area contributed by atoms with Gasteiger partial charge in [0.1, 0.15) is 0 Å². The lowest BCUT2D eigenvalue weighted by Crippen LogP contribution is -2.36. The molecule has 3 rings (SSSR count). The monoisotopic (exact) mass is 366 g/mol. The maximum Gasteiger partial charge on any atom is 0.261 e. The van der Waals surface area contributed by atoms with Gasteiger partial charge in [0.15, 0.2) is 0 Å². The van der Waals surface area contributed by atoms with Gasteiger partial charge in [0.2, 0.25) is 5.91 Å². The summed E-state index contributed by atoms with van der Waals surface area (Å²) in [4.78, 5) is 24.8. The third-order valence-electron chi connectivity index (χ3n) is 4.32. The molecule has 1 atom stereocenters. The van der Waals surface area contributed by atoms with Crippen molar-refractivity contribution in [2.24, 2.45) is 11.1 Å². The second-order valence-corrected chi connectivity index (χ2v) is 8.49. The Kier molecular flexibility index (Phi) is 4.83. The molecule has 1 unspecified atom stereocenters. The van der Waals surface area contributed by atoms with Gasteiger partial charge in [-0.1, -0.05) is 51.1 Å². The van der Waals surface area contributed by atoms with Gasteiger partial charge >= 0.3 is 0 Å². The molecule has 2 aromatic carbocycles. The molecule has 4 nitrogen and oxygen atoms in total. The normalized spacial score (nSPS) is 12.7. The summed E-state index contributed by atoms with van der Waals surface area (Å²) in [5, 5.41) is 4.22. The Balaban J connectivity index is 1.88. The highest BCUT2D eigenvalue weighted by atomic mass is 32.1. The third-order valence-corrected chi connectivity index (χ3v) is 5.43. The Bertz CT molecular complexity index is 919. The molecule has 0 aliphatic carbocycles. The zero-order valence-corrected chi connectivity index (χ0v) is 15.9. The smallest absolute Gasteiger partial charge is 0.261 e. The maximum absolute atomic E-state index is 12.8. The first kappa shape index (κ1) is 18.1. The fourth-order valence-corrected chi connectivity index (χ4v) is 3.90. The summed E-state index contributed by atoms with van der Waals surface area (Å²) in [5.74, 6) is -0.553. The van der Waals surface area contributed by atoms with Crippen LogP contribution in [0.25, 0.3) is 10.1 Å². The van der Waals surface area contributed by atoms with E-state index in [-0.39, 0.29) is 17.4 Å². The minimum absolute atomic E-state index is 0.0925. The fourth-order valence-electron chi connectivity index (χ4n) is 2.94. The van der Waals surface area contributed by atoms with Crippen molar-refractivity contribution >= 4 is 33.2 Å². The van der Waals surface area contributed by atoms with Crippen LogP contribution in [-0.4, -0.2) is 11.8 Å². The highest BCUT2D eigenvalue weighted by Crippen LogP contribution is 2.34. The molecule has 0 aliphatic rings. The summed E-state index contributed by atoms with van der Waals surface area (Å²) in [6.45, 7) is 6.22. The molecule has 0 radical (unpaired) electrons. The van der Waals surface area contributed by atoms with Crippen molar-refractivity contribution in [2.75, 3.05) is 0 Å². The van der Waals surface area contributed by atoms with Crippen molar-refractivity contribution in [3.05, 3.63) is 70.6 Å². The minimum Gasteiger partial charge on any atom is -0.366 e. The number of primary amides is 1. The quantitative estimate of drug-likeness (QED) is 0.713. The minimum atomic E-state index is -0.460. The topological polar surface area (TPSA) is 72.2 Å². The van der Waals surface area contributed by atoms with Crippen LogP contribution in [0.15, 0.2) is 54.6 Å². The van der Waals surface area contributed by atoms with E-state index in [1.807, 2.05) is 42.5 Å². The molecule has 26 heavy (non-hydrogen) atoms. The zero-order valence-electron chi connectivity index (χ0n) is 15.1. The average Bonchev–Trinajstić information content (AvgIpc) is 3.03. The van der Waals surface area contributed by atoms with Gasteiger partial charge in [-0.2, -0.15) is 0 Å². The van der Waals surface area contributed by atoms with E-state index in [0.29, 0.717) is 10.4 Å². The number of carbonyl (C=O) groups excluding carboxylic acids is 2. The predicted molar refractivity (Wildman–Crippen MR) is 106 cm³/mol. The first-order chi connectivity index (χ1) is 12.3. The van der Waals surface area contributed by atoms with E-state index in [2.05, 4.69) is 26.1 Å². The molecule has 3 aromatic rings. The van der Waals surface area contributed by atoms with Crippen molar-refractivity contribution < 1.29 is 9.59 Å². The van der Waals surface area contributed by atoms with Gasteiger partial charge in [0.05, 0.1) is 10.9 Å². The largest absolute Gasteiger partial charge is 0.366 e. The number of carbonyl (C=O) groups is 2. The van der Waals surface area contributed by atoms with Crippen molar-refractivity contribution in [2.45, 2.75) is 26.8 Å². The number of nitrogens with two attached hydrogens (primary N) is 1. The van der Waals surface area contributed by atoms with Crippen LogP contribution in [0.2, 0.25) is 0 Å². The summed E-state index contributed by atoms with van der Waals surface area (Å²) in [6, 6.07) is 16.8. The average molecular weight is 366 g/mol. The molecule has 5 heteroatoms. The molecule has 0 spiro atoms. The van der Waals surface area contributed by atoms with Gasteiger partial charge < -0.3 is 11.1 Å². The van der Waals surface area contributed by atoms with Crippen LogP contribution in [0.1, 0.15) is 52.4 Å². The van der Waals surface area contributed by atoms with Crippen LogP contribution in [-0.2, 0) is 0 Å². The first-order valence-corrected chi connectivity index (χ1v) is 9.26. The molecule has 3 N–H and O–H groups in total. The lowest BCUT2D eigenvalue weighted by atomic mass is 9.82. The summed E-state index contributed by atoms with van der Waals surface area (Å²) in [6.07, 6.45) is 0. The number of thiophene rings is 1. The van der Waals surface area contributed by atoms with Gasteiger partial charge in [0, 0.05) is 10.3 Å². The lowest BCUT2D eigenvalue weighted by Gasteiger charge is -2.32. The highest BCUT2D eigenvalue weighted by Gasteiger charge is 2.28. The third kappa shape index (κ3) is 3.78. The van der Waals surface area contributed by atoms with Gasteiger partial charge in [-0.15, -0.1) is 11.3 Å². The van der Waals surface area contributed by atoms with E-state index in [1.165, 1.54) is 11.3 Å². The number of amides is 2. The van der Waals surface area contributed by atoms with E-state index < -0.39 is 5.91 Å². The van der Waals surface area contributed by atoms with Crippen molar-refractivity contribution in [1.82, 2.24) is 5.32 Å². The molecule has 1 heterocycles. The first-order valence-electron chi connectivity index (χ1n) is 8.45. The molecule has 0 saturated heterocycles. The number of hydrogen-bond donors (Lipinski definition) is 2. The van der Waals surface area contributed by atoms with E-state index in [9.17, 15) is 9.59 Å². The van der Waals surface area contributed by atoms with Crippen LogP contribution in [0.4, 0.5) is 0 Å². The molecule has 1 aromatic heterocycles. The van der Waals surface area contributed by atoms with Crippen molar-refractivity contribution in [1.29, 1.82) is 0 Å². The molecule has 0 aliphatic heterocycles. The second kappa shape index (κ2) is 6.92. The predicted octanol–water partition coefficient (Wildman–Crippen LogP) is 4.52. The fraction of sp³-hybridized carbons (Fsp3) is 0.238. The van der Waals surface area contributed by atoms with Gasteiger partial charge in [-0.3, -0.25) is 9.59 Å². The van der Waals surface area contributed by atoms with E-state index in [1.54, 1.807) is 12.1 Å². The summed E-state index contributed by atoms with van der Waals surface area (Å²) < 4.78 is 1.09. The van der Waals surface area contributed by atoms with E-state index in [0.717, 1.165) is 15.6 Å². The van der Waals surface area contributed by atoms with Crippen LogP contribution in [0.5, 0.6) is 0 Å². The van der Waals surface area contributed by atoms with Crippen LogP contribution < -0.4 is 11.1 Å². The number of rotatable bonds is 4. The number of nitrogens with one attached hydrogen (secondary N) is 1. The molecule has 134 valence electrons. The summed E-state index contributed by atoms with van der Waals surface area (Å²) in [7, 11) is 0. The second-order valence-electron chi connectivity index (χ2n) is 7.41. The van der Waals surface area contributed by atoms with Gasteiger partial charge in [0.25, 0.3) is 5.91 Å². The van der Waals surface area contributed by atoms with Gasteiger partial charge in [-0.25, -0.2) is 0 Å². The molecule has 0 fully saturated rings. The number of benzene rings is 2. The highest BCUT2D eigenvalue weighted by molar-refractivity contribution is 7.20. The Hall–Kier alpha value is -2.66. The van der Waals surface area contributed by atoms with Crippen LogP contribution >= 0.6 is 11.3 Å². The molecular formula is C21H22N2O2S. The maximum atomic E-state index is 12.8. The molecule has 0 bridgehead atoms. The Labute approximate surface area is 157 Å². The van der Waals surface area contributed by atoms with Crippen LogP contribution in [0, 0.1) is 5.41 Å². The molecule has 0 saturated carbocycles. The van der Waals surface area contributed by atoms with Crippen molar-refractivity contribution in [3.8, 4) is 0 Å². The molecular weight excluding hydrogens is 344 g/mol. The van der Waals surface area contributed by atoms with E-state index >= 15 is 0 Å². The Morgan fingerprint density at radius 2 is 1.69 bits per heavy atom. The standard InChI is InChI=1S/C21H22N2O2S/c1-21(2,3)18(13-8-10-14(11-9-13)19(22)24)23-20(25)17-12-15-6-4-5-7-16(15)26-17/h4-12,18H,1-3H3,(H2,22,24)(H,23,25). The summed E-state index contributed by atoms with van der Waals surface area (Å²) >= 11 is 1.49. The van der Waals surface area contributed by atoms with Crippen molar-refractivity contribution in [3.63, 3.8) is 0 Å². The lowest BCUT2D eigenvalue weighted by molar-refractivity contribution is 0.0905.